The van der Waals surface area contributed by atoms with E-state index < -0.39 is 23.9 Å². The molecule has 0 aromatic carbocycles. The third-order valence-electron chi connectivity index (χ3n) is 1.54. The monoisotopic (exact) mass is 233 g/mol. The van der Waals surface area contributed by atoms with Gasteiger partial charge in [-0.15, -0.1) is 0 Å². The van der Waals surface area contributed by atoms with E-state index in [4.69, 9.17) is 5.11 Å². The van der Waals surface area contributed by atoms with E-state index in [0.29, 0.717) is 11.6 Å². The predicted octanol–water partition coefficient (Wildman–Crippen LogP) is 0.498. The summed E-state index contributed by atoms with van der Waals surface area (Å²) >= 11 is 0. The average Bonchev–Trinajstić information content (AvgIpc) is 2.10. The summed E-state index contributed by atoms with van der Waals surface area (Å²) in [6.07, 6.45) is 0.728. The van der Waals surface area contributed by atoms with Crippen LogP contribution < -0.4 is 0 Å². The standard InChI is InChI=1S/C9H15NO6/c1-4-5-8(9(13)14)10(15-6(2)11)16-7(3)12/h8H,4-5H2,1-3H3,(H,13,14). The van der Waals surface area contributed by atoms with E-state index >= 15 is 0 Å². The van der Waals surface area contributed by atoms with Crippen molar-refractivity contribution in [2.45, 2.75) is 39.7 Å². The first-order chi connectivity index (χ1) is 7.38. The van der Waals surface area contributed by atoms with Gasteiger partial charge in [-0.3, -0.25) is 14.4 Å². The minimum absolute atomic E-state index is 0.190. The molecule has 0 aromatic rings. The number of hydrogen-bond donors (Lipinski definition) is 1. The number of hydrogen-bond acceptors (Lipinski definition) is 6. The van der Waals surface area contributed by atoms with Gasteiger partial charge >= 0.3 is 17.9 Å². The first-order valence-corrected chi connectivity index (χ1v) is 4.77. The topological polar surface area (TPSA) is 93.1 Å². The minimum atomic E-state index is -1.23. The zero-order valence-corrected chi connectivity index (χ0v) is 9.43. The fourth-order valence-electron chi connectivity index (χ4n) is 0.992. The molecule has 0 fully saturated rings. The van der Waals surface area contributed by atoms with Gasteiger partial charge in [-0.2, -0.15) is 0 Å². The van der Waals surface area contributed by atoms with Crippen molar-refractivity contribution in [3.8, 4) is 0 Å². The molecule has 92 valence electrons. The van der Waals surface area contributed by atoms with Gasteiger partial charge in [0, 0.05) is 19.1 Å². The molecule has 0 aromatic heterocycles. The maximum absolute atomic E-state index is 10.9. The van der Waals surface area contributed by atoms with E-state index in [2.05, 4.69) is 9.68 Å². The van der Waals surface area contributed by atoms with E-state index in [9.17, 15) is 14.4 Å². The third-order valence-corrected chi connectivity index (χ3v) is 1.54. The molecule has 1 atom stereocenters. The number of aliphatic carboxylic acids is 1. The largest absolute Gasteiger partial charge is 0.480 e. The van der Waals surface area contributed by atoms with Crippen molar-refractivity contribution in [1.82, 2.24) is 5.23 Å². The van der Waals surface area contributed by atoms with E-state index in [1.807, 2.05) is 0 Å². The van der Waals surface area contributed by atoms with Gasteiger partial charge < -0.3 is 14.8 Å². The second-order valence-corrected chi connectivity index (χ2v) is 3.09. The second kappa shape index (κ2) is 6.78. The molecule has 1 N–H and O–H groups in total. The fraction of sp³-hybridized carbons (Fsp3) is 0.667. The lowest BCUT2D eigenvalue weighted by molar-refractivity contribution is -0.339. The first-order valence-electron chi connectivity index (χ1n) is 4.77. The molecule has 0 saturated carbocycles. The Bertz CT molecular complexity index is 261. The van der Waals surface area contributed by atoms with Gasteiger partial charge in [-0.05, 0) is 6.42 Å². The summed E-state index contributed by atoms with van der Waals surface area (Å²) in [6.45, 7) is 3.93. The van der Waals surface area contributed by atoms with E-state index in [1.165, 1.54) is 0 Å². The molecule has 0 aliphatic heterocycles. The minimum Gasteiger partial charge on any atom is -0.480 e. The number of carboxylic acids is 1. The van der Waals surface area contributed by atoms with Crippen molar-refractivity contribution in [3.05, 3.63) is 0 Å². The molecule has 1 unspecified atom stereocenters. The van der Waals surface area contributed by atoms with Crippen LogP contribution in [0.3, 0.4) is 0 Å². The van der Waals surface area contributed by atoms with Crippen LogP contribution in [0, 0.1) is 0 Å². The Hall–Kier alpha value is -1.63. The van der Waals surface area contributed by atoms with Crippen molar-refractivity contribution >= 4 is 17.9 Å². The number of carbonyl (C=O) groups excluding carboxylic acids is 2. The van der Waals surface area contributed by atoms with Gasteiger partial charge in [0.2, 0.25) is 0 Å². The SMILES string of the molecule is CCCC(C(=O)O)N(OC(C)=O)OC(C)=O. The van der Waals surface area contributed by atoms with Crippen LogP contribution in [0.5, 0.6) is 0 Å². The zero-order valence-electron chi connectivity index (χ0n) is 9.43. The molecular weight excluding hydrogens is 218 g/mol. The summed E-state index contributed by atoms with van der Waals surface area (Å²) < 4.78 is 0. The normalized spacial score (nSPS) is 12.0. The Morgan fingerprint density at radius 1 is 1.19 bits per heavy atom. The quantitative estimate of drug-likeness (QED) is 0.667. The Balaban J connectivity index is 4.72. The molecule has 0 aliphatic rings. The summed E-state index contributed by atoms with van der Waals surface area (Å²) in [4.78, 5) is 41.3. The molecule has 0 aliphatic carbocycles. The van der Waals surface area contributed by atoms with Crippen LogP contribution in [0.2, 0.25) is 0 Å². The van der Waals surface area contributed by atoms with Crippen LogP contribution in [0.4, 0.5) is 0 Å². The molecule has 0 heterocycles. The van der Waals surface area contributed by atoms with Crippen LogP contribution in [-0.4, -0.2) is 34.3 Å². The summed E-state index contributed by atoms with van der Waals surface area (Å²) in [7, 11) is 0. The Labute approximate surface area is 92.8 Å². The summed E-state index contributed by atoms with van der Waals surface area (Å²) in [5, 5.41) is 9.30. The average molecular weight is 233 g/mol. The van der Waals surface area contributed by atoms with Crippen molar-refractivity contribution < 1.29 is 29.2 Å². The highest BCUT2D eigenvalue weighted by atomic mass is 17.0. The van der Waals surface area contributed by atoms with E-state index in [-0.39, 0.29) is 6.42 Å². The lowest BCUT2D eigenvalue weighted by Crippen LogP contribution is -2.43. The van der Waals surface area contributed by atoms with Gasteiger partial charge in [-0.1, -0.05) is 13.3 Å². The molecule has 16 heavy (non-hydrogen) atoms. The fourth-order valence-corrected chi connectivity index (χ4v) is 0.992. The third kappa shape index (κ3) is 5.30. The molecule has 0 rings (SSSR count). The highest BCUT2D eigenvalue weighted by Crippen LogP contribution is 2.09. The first kappa shape index (κ1) is 14.4. The van der Waals surface area contributed by atoms with Crippen LogP contribution >= 0.6 is 0 Å². The number of hydroxylamine groups is 2. The molecule has 0 radical (unpaired) electrons. The van der Waals surface area contributed by atoms with E-state index in [1.54, 1.807) is 6.92 Å². The van der Waals surface area contributed by atoms with Crippen LogP contribution in [-0.2, 0) is 24.1 Å². The van der Waals surface area contributed by atoms with Crippen molar-refractivity contribution in [3.63, 3.8) is 0 Å². The lowest BCUT2D eigenvalue weighted by Gasteiger charge is -2.23. The van der Waals surface area contributed by atoms with Gasteiger partial charge in [0.15, 0.2) is 6.04 Å². The molecule has 0 spiro atoms. The summed E-state index contributed by atoms with van der Waals surface area (Å²) in [6, 6.07) is -1.20. The second-order valence-electron chi connectivity index (χ2n) is 3.09. The van der Waals surface area contributed by atoms with E-state index in [0.717, 1.165) is 13.8 Å². The van der Waals surface area contributed by atoms with Gasteiger partial charge in [0.05, 0.1) is 0 Å². The maximum atomic E-state index is 10.9. The van der Waals surface area contributed by atoms with Gasteiger partial charge in [0.1, 0.15) is 0 Å². The highest BCUT2D eigenvalue weighted by molar-refractivity contribution is 5.74. The molecule has 7 nitrogen and oxygen atoms in total. The van der Waals surface area contributed by atoms with Crippen LogP contribution in [0.25, 0.3) is 0 Å². The Kier molecular flexibility index (Phi) is 6.09. The highest BCUT2D eigenvalue weighted by Gasteiger charge is 2.30. The number of carbonyl (C=O) groups is 3. The Morgan fingerprint density at radius 2 is 1.62 bits per heavy atom. The number of carboxylic acid groups (broad SMARTS) is 1. The molecule has 7 heteroatoms. The maximum Gasteiger partial charge on any atom is 0.328 e. The summed E-state index contributed by atoms with van der Waals surface area (Å²) in [5.74, 6) is -2.75. The van der Waals surface area contributed by atoms with Gasteiger partial charge in [0.25, 0.3) is 0 Å². The summed E-state index contributed by atoms with van der Waals surface area (Å²) in [5.41, 5.74) is 0. The van der Waals surface area contributed by atoms with Crippen molar-refractivity contribution in [2.75, 3.05) is 0 Å². The van der Waals surface area contributed by atoms with Crippen LogP contribution in [0.1, 0.15) is 33.6 Å². The van der Waals surface area contributed by atoms with Crippen molar-refractivity contribution in [1.29, 1.82) is 0 Å². The van der Waals surface area contributed by atoms with Crippen molar-refractivity contribution in [2.24, 2.45) is 0 Å². The predicted molar refractivity (Wildman–Crippen MR) is 51.7 cm³/mol. The Morgan fingerprint density at radius 3 is 1.88 bits per heavy atom. The van der Waals surface area contributed by atoms with Crippen LogP contribution in [0.15, 0.2) is 0 Å². The lowest BCUT2D eigenvalue weighted by atomic mass is 10.2. The molecule has 0 amide bonds. The zero-order chi connectivity index (χ0) is 12.7. The number of rotatable bonds is 6. The smallest absolute Gasteiger partial charge is 0.328 e. The number of nitrogens with zero attached hydrogens (tertiary/aromatic N) is 1. The molecular formula is C9H15NO6. The molecule has 0 saturated heterocycles. The van der Waals surface area contributed by atoms with Gasteiger partial charge in [-0.25, -0.2) is 0 Å². The molecule has 0 bridgehead atoms.